The van der Waals surface area contributed by atoms with Gasteiger partial charge in [0.2, 0.25) is 0 Å². The maximum absolute atomic E-state index is 12.3. The van der Waals surface area contributed by atoms with Crippen LogP contribution in [0.15, 0.2) is 24.3 Å². The second-order valence-corrected chi connectivity index (χ2v) is 5.89. The molecule has 0 unspecified atom stereocenters. The van der Waals surface area contributed by atoms with E-state index in [2.05, 4.69) is 51.7 Å². The van der Waals surface area contributed by atoms with Crippen LogP contribution in [0.25, 0.3) is 0 Å². The molecule has 0 radical (unpaired) electrons. The molecule has 1 rings (SSSR count). The van der Waals surface area contributed by atoms with Crippen molar-refractivity contribution in [1.29, 1.82) is 0 Å². The number of ketones is 1. The summed E-state index contributed by atoms with van der Waals surface area (Å²) < 4.78 is 0. The minimum absolute atomic E-state index is 0.219. The van der Waals surface area contributed by atoms with E-state index in [1.807, 2.05) is 12.1 Å². The number of hydrogen-bond donors (Lipinski definition) is 0. The highest BCUT2D eigenvalue weighted by atomic mass is 16.1. The van der Waals surface area contributed by atoms with E-state index in [1.54, 1.807) is 0 Å². The summed E-state index contributed by atoms with van der Waals surface area (Å²) in [5, 5.41) is 0. The molecule has 0 aromatic heterocycles. The lowest BCUT2D eigenvalue weighted by Gasteiger charge is -2.27. The topological polar surface area (TPSA) is 20.3 Å². The largest absolute Gasteiger partial charge is 0.293 e. The van der Waals surface area contributed by atoms with Crippen molar-refractivity contribution in [1.82, 2.24) is 4.90 Å². The lowest BCUT2D eigenvalue weighted by Crippen LogP contribution is -2.38. The Bertz CT molecular complexity index is 392. The highest BCUT2D eigenvalue weighted by molar-refractivity contribution is 5.97. The van der Waals surface area contributed by atoms with Gasteiger partial charge in [0, 0.05) is 18.2 Å². The van der Waals surface area contributed by atoms with Crippen molar-refractivity contribution in [3.05, 3.63) is 35.4 Å². The molecule has 106 valence electrons. The molecule has 2 nitrogen and oxygen atoms in total. The smallest absolute Gasteiger partial charge is 0.176 e. The molecular weight excluding hydrogens is 234 g/mol. The monoisotopic (exact) mass is 261 g/mol. The lowest BCUT2D eigenvalue weighted by molar-refractivity contribution is 0.0893. The van der Waals surface area contributed by atoms with Gasteiger partial charge in [-0.25, -0.2) is 0 Å². The van der Waals surface area contributed by atoms with Gasteiger partial charge in [-0.15, -0.1) is 0 Å². The highest BCUT2D eigenvalue weighted by Gasteiger charge is 2.16. The maximum atomic E-state index is 12.3. The standard InChI is InChI=1S/C17H27NO/c1-6-15-7-9-16(10-8-15)17(19)12-18(14(4)5)11-13(2)3/h7-10,13-14H,6,11-12H2,1-5H3. The van der Waals surface area contributed by atoms with Crippen molar-refractivity contribution in [2.24, 2.45) is 5.92 Å². The van der Waals surface area contributed by atoms with Crippen LogP contribution in [0, 0.1) is 5.92 Å². The Balaban J connectivity index is 2.70. The number of benzene rings is 1. The Morgan fingerprint density at radius 2 is 1.68 bits per heavy atom. The number of rotatable bonds is 7. The second-order valence-electron chi connectivity index (χ2n) is 5.89. The molecule has 0 bridgehead atoms. The minimum Gasteiger partial charge on any atom is -0.293 e. The van der Waals surface area contributed by atoms with Gasteiger partial charge in [-0.05, 0) is 31.7 Å². The van der Waals surface area contributed by atoms with Gasteiger partial charge >= 0.3 is 0 Å². The average molecular weight is 261 g/mol. The van der Waals surface area contributed by atoms with Crippen molar-refractivity contribution >= 4 is 5.78 Å². The number of hydrogen-bond acceptors (Lipinski definition) is 2. The molecule has 0 saturated carbocycles. The number of carbonyl (C=O) groups excluding carboxylic acids is 1. The zero-order valence-corrected chi connectivity index (χ0v) is 12.9. The Morgan fingerprint density at radius 3 is 2.11 bits per heavy atom. The van der Waals surface area contributed by atoms with Gasteiger partial charge in [-0.2, -0.15) is 0 Å². The number of Topliss-reactive ketones (excluding diaryl/α,β-unsaturated/α-hetero) is 1. The first-order valence-electron chi connectivity index (χ1n) is 7.30. The summed E-state index contributed by atoms with van der Waals surface area (Å²) in [6, 6.07) is 8.41. The SMILES string of the molecule is CCc1ccc(C(=O)CN(CC(C)C)C(C)C)cc1. The molecule has 0 aliphatic carbocycles. The molecule has 0 saturated heterocycles. The maximum Gasteiger partial charge on any atom is 0.176 e. The summed E-state index contributed by atoms with van der Waals surface area (Å²) >= 11 is 0. The molecule has 19 heavy (non-hydrogen) atoms. The highest BCUT2D eigenvalue weighted by Crippen LogP contribution is 2.09. The van der Waals surface area contributed by atoms with E-state index in [0.717, 1.165) is 18.5 Å². The molecule has 0 atom stereocenters. The molecule has 0 amide bonds. The zero-order chi connectivity index (χ0) is 14.4. The Morgan fingerprint density at radius 1 is 1.11 bits per heavy atom. The third kappa shape index (κ3) is 5.15. The molecule has 0 fully saturated rings. The van der Waals surface area contributed by atoms with E-state index in [0.29, 0.717) is 18.5 Å². The van der Waals surface area contributed by atoms with Crippen LogP contribution in [-0.4, -0.2) is 29.8 Å². The predicted octanol–water partition coefficient (Wildman–Crippen LogP) is 3.80. The summed E-state index contributed by atoms with van der Waals surface area (Å²) in [6.45, 7) is 12.3. The van der Waals surface area contributed by atoms with Crippen LogP contribution < -0.4 is 0 Å². The molecule has 0 spiro atoms. The molecule has 0 heterocycles. The van der Waals surface area contributed by atoms with Gasteiger partial charge in [0.1, 0.15) is 0 Å². The first-order chi connectivity index (χ1) is 8.93. The first-order valence-corrected chi connectivity index (χ1v) is 7.30. The number of carbonyl (C=O) groups is 1. The van der Waals surface area contributed by atoms with Crippen LogP contribution in [0.1, 0.15) is 50.5 Å². The van der Waals surface area contributed by atoms with Crippen molar-refractivity contribution in [3.8, 4) is 0 Å². The summed E-state index contributed by atoms with van der Waals surface area (Å²) in [6.07, 6.45) is 1.01. The average Bonchev–Trinajstić information content (AvgIpc) is 2.37. The van der Waals surface area contributed by atoms with Gasteiger partial charge in [-0.3, -0.25) is 9.69 Å². The van der Waals surface area contributed by atoms with E-state index < -0.39 is 0 Å². The van der Waals surface area contributed by atoms with E-state index in [1.165, 1.54) is 5.56 Å². The molecular formula is C17H27NO. The van der Waals surface area contributed by atoms with Gasteiger partial charge in [0.05, 0.1) is 6.54 Å². The van der Waals surface area contributed by atoms with Crippen LogP contribution in [0.2, 0.25) is 0 Å². The van der Waals surface area contributed by atoms with E-state index in [9.17, 15) is 4.79 Å². The predicted molar refractivity (Wildman–Crippen MR) is 81.7 cm³/mol. The van der Waals surface area contributed by atoms with E-state index in [-0.39, 0.29) is 5.78 Å². The van der Waals surface area contributed by atoms with Crippen molar-refractivity contribution in [3.63, 3.8) is 0 Å². The number of nitrogens with zero attached hydrogens (tertiary/aromatic N) is 1. The fraction of sp³-hybridized carbons (Fsp3) is 0.588. The van der Waals surface area contributed by atoms with Crippen LogP contribution in [0.4, 0.5) is 0 Å². The molecule has 2 heteroatoms. The molecule has 0 N–H and O–H groups in total. The molecule has 0 aliphatic rings. The summed E-state index contributed by atoms with van der Waals surface area (Å²) in [4.78, 5) is 14.5. The summed E-state index contributed by atoms with van der Waals surface area (Å²) in [7, 11) is 0. The van der Waals surface area contributed by atoms with Crippen molar-refractivity contribution in [2.45, 2.75) is 47.1 Å². The third-order valence-corrected chi connectivity index (χ3v) is 3.36. The zero-order valence-electron chi connectivity index (χ0n) is 12.9. The summed E-state index contributed by atoms with van der Waals surface area (Å²) in [5.41, 5.74) is 2.10. The van der Waals surface area contributed by atoms with Crippen LogP contribution >= 0.6 is 0 Å². The normalized spacial score (nSPS) is 11.6. The fourth-order valence-corrected chi connectivity index (χ4v) is 2.13. The minimum atomic E-state index is 0.219. The van der Waals surface area contributed by atoms with Crippen LogP contribution in [0.3, 0.4) is 0 Å². The van der Waals surface area contributed by atoms with Gasteiger partial charge in [-0.1, -0.05) is 45.0 Å². The first kappa shape index (κ1) is 15.9. The van der Waals surface area contributed by atoms with E-state index in [4.69, 9.17) is 0 Å². The quantitative estimate of drug-likeness (QED) is 0.696. The number of aryl methyl sites for hydroxylation is 1. The molecule has 1 aromatic rings. The molecule has 1 aromatic carbocycles. The third-order valence-electron chi connectivity index (χ3n) is 3.36. The van der Waals surface area contributed by atoms with Gasteiger partial charge in [0.15, 0.2) is 5.78 Å². The summed E-state index contributed by atoms with van der Waals surface area (Å²) in [5.74, 6) is 0.801. The Hall–Kier alpha value is -1.15. The Labute approximate surface area is 117 Å². The Kier molecular flexibility index (Phi) is 6.23. The van der Waals surface area contributed by atoms with Crippen LogP contribution in [-0.2, 0) is 6.42 Å². The van der Waals surface area contributed by atoms with Gasteiger partial charge < -0.3 is 0 Å². The second kappa shape index (κ2) is 7.44. The van der Waals surface area contributed by atoms with Crippen LogP contribution in [0.5, 0.6) is 0 Å². The van der Waals surface area contributed by atoms with Crippen molar-refractivity contribution < 1.29 is 4.79 Å². The van der Waals surface area contributed by atoms with E-state index >= 15 is 0 Å². The molecule has 0 aliphatic heterocycles. The lowest BCUT2D eigenvalue weighted by atomic mass is 10.1. The van der Waals surface area contributed by atoms with Gasteiger partial charge in [0.25, 0.3) is 0 Å². The fourth-order valence-electron chi connectivity index (χ4n) is 2.13. The van der Waals surface area contributed by atoms with Crippen molar-refractivity contribution in [2.75, 3.05) is 13.1 Å².